The van der Waals surface area contributed by atoms with Gasteiger partial charge in [0.1, 0.15) is 5.60 Å². The molecule has 0 spiro atoms. The first-order chi connectivity index (χ1) is 13.8. The number of carbonyl (C=O) groups excluding carboxylic acids is 1. The average Bonchev–Trinajstić information content (AvgIpc) is 2.81. The summed E-state index contributed by atoms with van der Waals surface area (Å²) in [5, 5.41) is 0. The number of fused-ring (bicyclic) bond motifs is 4. The number of hydrogen-bond acceptors (Lipinski definition) is 5. The van der Waals surface area contributed by atoms with Gasteiger partial charge in [-0.3, -0.25) is 4.79 Å². The van der Waals surface area contributed by atoms with Gasteiger partial charge in [-0.05, 0) is 72.3 Å². The molecule has 1 aromatic heterocycles. The molecule has 4 heterocycles. The second-order valence-electron chi connectivity index (χ2n) is 10.9. The van der Waals surface area contributed by atoms with Crippen molar-refractivity contribution in [3.05, 3.63) is 28.2 Å². The first-order valence-corrected chi connectivity index (χ1v) is 10.8. The van der Waals surface area contributed by atoms with Crippen LogP contribution >= 0.6 is 0 Å². The minimum Gasteiger partial charge on any atom is -0.444 e. The first-order valence-electron chi connectivity index (χ1n) is 10.8. The number of rotatable bonds is 1. The van der Waals surface area contributed by atoms with E-state index in [4.69, 9.17) is 14.0 Å². The highest BCUT2D eigenvalue weighted by Crippen LogP contribution is 2.38. The van der Waals surface area contributed by atoms with E-state index >= 15 is 0 Å². The van der Waals surface area contributed by atoms with Crippen LogP contribution in [0.15, 0.2) is 16.9 Å². The molecule has 7 nitrogen and oxygen atoms in total. The summed E-state index contributed by atoms with van der Waals surface area (Å²) in [7, 11) is -0.572. The summed E-state index contributed by atoms with van der Waals surface area (Å²) in [5.74, 6) is 0.351. The van der Waals surface area contributed by atoms with Gasteiger partial charge in [0.25, 0.3) is 0 Å². The van der Waals surface area contributed by atoms with Crippen molar-refractivity contribution < 1.29 is 18.8 Å². The molecule has 0 aliphatic carbocycles. The molecule has 2 bridgehead atoms. The summed E-state index contributed by atoms with van der Waals surface area (Å²) in [6.45, 7) is 15.4. The monoisotopic (exact) mass is 416 g/mol. The van der Waals surface area contributed by atoms with Crippen LogP contribution in [0.5, 0.6) is 0 Å². The van der Waals surface area contributed by atoms with Crippen LogP contribution in [-0.4, -0.2) is 52.6 Å². The summed E-state index contributed by atoms with van der Waals surface area (Å²) in [6.07, 6.45) is 0.682. The van der Waals surface area contributed by atoms with E-state index in [9.17, 15) is 9.59 Å². The molecule has 4 rings (SSSR count). The Morgan fingerprint density at radius 2 is 1.73 bits per heavy atom. The fraction of sp³-hybridized carbons (Fsp3) is 0.727. The van der Waals surface area contributed by atoms with Crippen molar-refractivity contribution >= 4 is 18.7 Å². The quantitative estimate of drug-likeness (QED) is 0.658. The van der Waals surface area contributed by atoms with Crippen molar-refractivity contribution in [1.82, 2.24) is 9.47 Å². The average molecular weight is 416 g/mol. The van der Waals surface area contributed by atoms with Gasteiger partial charge in [-0.1, -0.05) is 0 Å². The first kappa shape index (κ1) is 21.4. The number of nitrogens with zero attached hydrogens (tertiary/aromatic N) is 2. The van der Waals surface area contributed by atoms with Gasteiger partial charge in [0.15, 0.2) is 0 Å². The van der Waals surface area contributed by atoms with Gasteiger partial charge >= 0.3 is 13.2 Å². The molecule has 2 atom stereocenters. The highest BCUT2D eigenvalue weighted by Gasteiger charge is 2.52. The van der Waals surface area contributed by atoms with E-state index in [0.717, 1.165) is 17.6 Å². The molecule has 0 N–H and O–H groups in total. The van der Waals surface area contributed by atoms with Gasteiger partial charge < -0.3 is 23.5 Å². The maximum Gasteiger partial charge on any atom is 0.495 e. The van der Waals surface area contributed by atoms with Gasteiger partial charge in [-0.25, -0.2) is 4.79 Å². The van der Waals surface area contributed by atoms with E-state index in [-0.39, 0.29) is 23.5 Å². The Morgan fingerprint density at radius 3 is 2.33 bits per heavy atom. The third-order valence-electron chi connectivity index (χ3n) is 6.76. The summed E-state index contributed by atoms with van der Waals surface area (Å²) in [5.41, 5.74) is 0.218. The lowest BCUT2D eigenvalue weighted by Gasteiger charge is -2.43. The third kappa shape index (κ3) is 3.80. The third-order valence-corrected chi connectivity index (χ3v) is 6.76. The number of ether oxygens (including phenoxy) is 1. The molecule has 30 heavy (non-hydrogen) atoms. The Balaban J connectivity index is 1.61. The number of aromatic nitrogens is 1. The van der Waals surface area contributed by atoms with Crippen molar-refractivity contribution in [1.29, 1.82) is 0 Å². The molecule has 3 aliphatic rings. The molecule has 3 aliphatic heterocycles. The SMILES string of the molecule is CC(C)(C)OC(=O)N1CC2CC(C1)c1cc(B3OC(C)(C)C(C)(C)O3)cc(=O)n1C2. The van der Waals surface area contributed by atoms with Crippen LogP contribution in [0, 0.1) is 5.92 Å². The zero-order valence-corrected chi connectivity index (χ0v) is 19.2. The second-order valence-corrected chi connectivity index (χ2v) is 10.9. The normalized spacial score (nSPS) is 27.0. The van der Waals surface area contributed by atoms with Gasteiger partial charge in [0.05, 0.1) is 11.2 Å². The van der Waals surface area contributed by atoms with Crippen LogP contribution in [0.2, 0.25) is 0 Å². The molecule has 2 unspecified atom stereocenters. The van der Waals surface area contributed by atoms with Crippen LogP contribution < -0.4 is 11.0 Å². The largest absolute Gasteiger partial charge is 0.495 e. The molecule has 0 saturated carbocycles. The van der Waals surface area contributed by atoms with Gasteiger partial charge in [0, 0.05) is 37.3 Å². The fourth-order valence-corrected chi connectivity index (χ4v) is 4.57. The molecule has 2 fully saturated rings. The highest BCUT2D eigenvalue weighted by atomic mass is 16.7. The van der Waals surface area contributed by atoms with Gasteiger partial charge in [-0.2, -0.15) is 0 Å². The Bertz CT molecular complexity index is 901. The van der Waals surface area contributed by atoms with Crippen molar-refractivity contribution in [2.75, 3.05) is 13.1 Å². The smallest absolute Gasteiger partial charge is 0.444 e. The fourth-order valence-electron chi connectivity index (χ4n) is 4.57. The molecule has 0 aromatic carbocycles. The van der Waals surface area contributed by atoms with Crippen LogP contribution in [0.25, 0.3) is 0 Å². The molecule has 0 radical (unpaired) electrons. The lowest BCUT2D eigenvalue weighted by atomic mass is 9.76. The molecule has 164 valence electrons. The Labute approximate surface area is 178 Å². The number of hydrogen-bond donors (Lipinski definition) is 0. The number of amides is 1. The van der Waals surface area contributed by atoms with Crippen molar-refractivity contribution in [2.45, 2.75) is 84.2 Å². The molecule has 1 aromatic rings. The topological polar surface area (TPSA) is 70.0 Å². The standard InChI is InChI=1S/C22H33BN2O5/c1-20(2,3)28-19(27)24-11-14-8-15(13-24)17-9-16(10-18(26)25(17)12-14)23-29-21(4,5)22(6,7)30-23/h9-10,14-15H,8,11-13H2,1-7H3. The summed E-state index contributed by atoms with van der Waals surface area (Å²) in [6, 6.07) is 3.67. The van der Waals surface area contributed by atoms with Crippen LogP contribution in [0.4, 0.5) is 4.79 Å². The van der Waals surface area contributed by atoms with Crippen LogP contribution in [-0.2, 0) is 20.6 Å². The summed E-state index contributed by atoms with van der Waals surface area (Å²) >= 11 is 0. The van der Waals surface area contributed by atoms with E-state index in [1.807, 2.05) is 59.1 Å². The Hall–Kier alpha value is -1.80. The van der Waals surface area contributed by atoms with E-state index < -0.39 is 23.9 Å². The van der Waals surface area contributed by atoms with E-state index in [1.165, 1.54) is 0 Å². The van der Waals surface area contributed by atoms with Gasteiger partial charge in [0.2, 0.25) is 5.56 Å². The van der Waals surface area contributed by atoms with Crippen molar-refractivity contribution in [3.63, 3.8) is 0 Å². The number of piperidine rings is 1. The molecular weight excluding hydrogens is 383 g/mol. The number of likely N-dealkylation sites (tertiary alicyclic amines) is 1. The highest BCUT2D eigenvalue weighted by molar-refractivity contribution is 6.62. The lowest BCUT2D eigenvalue weighted by Crippen LogP contribution is -2.51. The maximum absolute atomic E-state index is 12.9. The Morgan fingerprint density at radius 1 is 1.10 bits per heavy atom. The van der Waals surface area contributed by atoms with Crippen LogP contribution in [0.3, 0.4) is 0 Å². The molecule has 8 heteroatoms. The summed E-state index contributed by atoms with van der Waals surface area (Å²) < 4.78 is 19.8. The van der Waals surface area contributed by atoms with E-state index in [1.54, 1.807) is 11.0 Å². The Kier molecular flexibility index (Phi) is 4.90. The molecule has 1 amide bonds. The minimum atomic E-state index is -0.572. The zero-order valence-electron chi connectivity index (χ0n) is 19.2. The zero-order chi connectivity index (χ0) is 22.1. The summed E-state index contributed by atoms with van der Waals surface area (Å²) in [4.78, 5) is 27.4. The van der Waals surface area contributed by atoms with Gasteiger partial charge in [-0.15, -0.1) is 0 Å². The van der Waals surface area contributed by atoms with Crippen molar-refractivity contribution in [3.8, 4) is 0 Å². The van der Waals surface area contributed by atoms with Crippen LogP contribution in [0.1, 0.15) is 66.5 Å². The maximum atomic E-state index is 12.9. The lowest BCUT2D eigenvalue weighted by molar-refractivity contribution is 0.00578. The molecular formula is C22H33BN2O5. The predicted molar refractivity (Wildman–Crippen MR) is 115 cm³/mol. The second kappa shape index (κ2) is 6.85. The van der Waals surface area contributed by atoms with E-state index in [2.05, 4.69) is 0 Å². The predicted octanol–water partition coefficient (Wildman–Crippen LogP) is 2.50. The molecule has 2 saturated heterocycles. The van der Waals surface area contributed by atoms with Crippen molar-refractivity contribution in [2.24, 2.45) is 5.92 Å². The number of carbonyl (C=O) groups is 1. The number of pyridine rings is 1. The van der Waals surface area contributed by atoms with E-state index in [0.29, 0.717) is 19.6 Å². The minimum absolute atomic E-state index is 0.0300.